The van der Waals surface area contributed by atoms with Gasteiger partial charge in [0, 0.05) is 12.1 Å². The minimum absolute atomic E-state index is 0.0110. The Kier molecular flexibility index (Phi) is 4.42. The second-order valence-electron chi connectivity index (χ2n) is 4.35. The lowest BCUT2D eigenvalue weighted by molar-refractivity contribution is -0.117. The number of hydrogen-bond donors (Lipinski definition) is 1. The highest BCUT2D eigenvalue weighted by molar-refractivity contribution is 7.99. The lowest BCUT2D eigenvalue weighted by Gasteiger charge is -2.20. The van der Waals surface area contributed by atoms with Crippen LogP contribution in [0.5, 0.6) is 0 Å². The summed E-state index contributed by atoms with van der Waals surface area (Å²) in [6.45, 7) is 0. The zero-order chi connectivity index (χ0) is 12.1. The van der Waals surface area contributed by atoms with Crippen molar-refractivity contribution in [2.24, 2.45) is 5.92 Å². The molecule has 1 saturated heterocycles. The van der Waals surface area contributed by atoms with Gasteiger partial charge in [-0.25, -0.2) is 4.39 Å². The molecule has 1 aliphatic rings. The van der Waals surface area contributed by atoms with Crippen LogP contribution in [0.3, 0.4) is 0 Å². The number of carbonyl (C=O) groups is 1. The van der Waals surface area contributed by atoms with Gasteiger partial charge in [-0.1, -0.05) is 6.07 Å². The zero-order valence-corrected chi connectivity index (χ0v) is 10.4. The van der Waals surface area contributed by atoms with Crippen LogP contribution in [0.1, 0.15) is 19.3 Å². The summed E-state index contributed by atoms with van der Waals surface area (Å²) >= 11 is 1.91. The van der Waals surface area contributed by atoms with Crippen LogP contribution >= 0.6 is 11.8 Å². The van der Waals surface area contributed by atoms with Gasteiger partial charge in [0.2, 0.25) is 5.91 Å². The molecule has 1 fully saturated rings. The first-order valence-electron chi connectivity index (χ1n) is 5.87. The van der Waals surface area contributed by atoms with Crippen molar-refractivity contribution in [3.63, 3.8) is 0 Å². The molecular formula is C13H16FNOS. The molecule has 1 unspecified atom stereocenters. The molecule has 1 aromatic rings. The highest BCUT2D eigenvalue weighted by Crippen LogP contribution is 2.25. The summed E-state index contributed by atoms with van der Waals surface area (Å²) in [5.41, 5.74) is 0.540. The van der Waals surface area contributed by atoms with E-state index in [0.717, 1.165) is 12.2 Å². The smallest absolute Gasteiger partial charge is 0.224 e. The van der Waals surface area contributed by atoms with Crippen molar-refractivity contribution in [1.29, 1.82) is 0 Å². The van der Waals surface area contributed by atoms with Gasteiger partial charge in [0.1, 0.15) is 5.82 Å². The SMILES string of the molecule is O=C(CC1CCCSC1)Nc1cccc(F)c1. The van der Waals surface area contributed by atoms with Crippen LogP contribution in [0.4, 0.5) is 10.1 Å². The molecule has 17 heavy (non-hydrogen) atoms. The summed E-state index contributed by atoms with van der Waals surface area (Å²) in [6.07, 6.45) is 2.87. The van der Waals surface area contributed by atoms with Gasteiger partial charge in [-0.2, -0.15) is 11.8 Å². The number of thioether (sulfide) groups is 1. The summed E-state index contributed by atoms with van der Waals surface area (Å²) in [6, 6.07) is 6.01. The number of halogens is 1. The molecule has 0 spiro atoms. The number of nitrogens with one attached hydrogen (secondary N) is 1. The van der Waals surface area contributed by atoms with Crippen LogP contribution in [0, 0.1) is 11.7 Å². The molecule has 0 aliphatic carbocycles. The van der Waals surface area contributed by atoms with Crippen molar-refractivity contribution in [3.8, 4) is 0 Å². The summed E-state index contributed by atoms with van der Waals surface area (Å²) in [4.78, 5) is 11.7. The van der Waals surface area contributed by atoms with Gasteiger partial charge in [0.25, 0.3) is 0 Å². The van der Waals surface area contributed by atoms with E-state index in [0.29, 0.717) is 18.0 Å². The van der Waals surface area contributed by atoms with E-state index in [1.54, 1.807) is 12.1 Å². The zero-order valence-electron chi connectivity index (χ0n) is 9.62. The number of anilines is 1. The Morgan fingerprint density at radius 3 is 3.12 bits per heavy atom. The van der Waals surface area contributed by atoms with E-state index in [9.17, 15) is 9.18 Å². The van der Waals surface area contributed by atoms with Crippen molar-refractivity contribution in [2.45, 2.75) is 19.3 Å². The van der Waals surface area contributed by atoms with Crippen molar-refractivity contribution < 1.29 is 9.18 Å². The van der Waals surface area contributed by atoms with Crippen molar-refractivity contribution in [1.82, 2.24) is 0 Å². The van der Waals surface area contributed by atoms with Gasteiger partial charge >= 0.3 is 0 Å². The molecule has 2 rings (SSSR count). The monoisotopic (exact) mass is 253 g/mol. The maximum atomic E-state index is 12.9. The topological polar surface area (TPSA) is 29.1 Å². The van der Waals surface area contributed by atoms with Crippen LogP contribution in [0.2, 0.25) is 0 Å². The lowest BCUT2D eigenvalue weighted by Crippen LogP contribution is -2.20. The number of carbonyl (C=O) groups excluding carboxylic acids is 1. The van der Waals surface area contributed by atoms with Crippen molar-refractivity contribution >= 4 is 23.4 Å². The molecule has 1 aliphatic heterocycles. The molecule has 0 saturated carbocycles. The van der Waals surface area contributed by atoms with E-state index in [1.807, 2.05) is 11.8 Å². The van der Waals surface area contributed by atoms with E-state index in [4.69, 9.17) is 0 Å². The Morgan fingerprint density at radius 1 is 1.53 bits per heavy atom. The quantitative estimate of drug-likeness (QED) is 0.895. The summed E-state index contributed by atoms with van der Waals surface area (Å²) in [5, 5.41) is 2.74. The molecule has 1 N–H and O–H groups in total. The average molecular weight is 253 g/mol. The minimum Gasteiger partial charge on any atom is -0.326 e. The number of amides is 1. The Hall–Kier alpha value is -1.03. The molecule has 1 amide bonds. The van der Waals surface area contributed by atoms with Gasteiger partial charge in [0.05, 0.1) is 0 Å². The van der Waals surface area contributed by atoms with Gasteiger partial charge in [-0.3, -0.25) is 4.79 Å². The standard InChI is InChI=1S/C13H16FNOS/c14-11-4-1-5-12(8-11)15-13(16)7-10-3-2-6-17-9-10/h1,4-5,8,10H,2-3,6-7,9H2,(H,15,16). The molecule has 0 bridgehead atoms. The van der Waals surface area contributed by atoms with Gasteiger partial charge < -0.3 is 5.32 Å². The number of benzene rings is 1. The Balaban J connectivity index is 1.84. The Labute approximate surface area is 105 Å². The largest absolute Gasteiger partial charge is 0.326 e. The summed E-state index contributed by atoms with van der Waals surface area (Å²) in [7, 11) is 0. The van der Waals surface area contributed by atoms with E-state index in [2.05, 4.69) is 5.32 Å². The van der Waals surface area contributed by atoms with Crippen LogP contribution in [0.15, 0.2) is 24.3 Å². The fourth-order valence-corrected chi connectivity index (χ4v) is 3.16. The molecule has 1 atom stereocenters. The second-order valence-corrected chi connectivity index (χ2v) is 5.50. The molecule has 4 heteroatoms. The van der Waals surface area contributed by atoms with Crippen molar-refractivity contribution in [2.75, 3.05) is 16.8 Å². The van der Waals surface area contributed by atoms with E-state index >= 15 is 0 Å². The third-order valence-electron chi connectivity index (χ3n) is 2.84. The Bertz CT molecular complexity index is 391. The van der Waals surface area contributed by atoms with E-state index < -0.39 is 0 Å². The maximum absolute atomic E-state index is 12.9. The summed E-state index contributed by atoms with van der Waals surface area (Å²) < 4.78 is 12.9. The highest BCUT2D eigenvalue weighted by Gasteiger charge is 2.17. The first kappa shape index (κ1) is 12.4. The maximum Gasteiger partial charge on any atom is 0.224 e. The number of rotatable bonds is 3. The summed E-state index contributed by atoms with van der Waals surface area (Å²) in [5.74, 6) is 2.42. The van der Waals surface area contributed by atoms with Crippen molar-refractivity contribution in [3.05, 3.63) is 30.1 Å². The first-order chi connectivity index (χ1) is 8.24. The lowest BCUT2D eigenvalue weighted by atomic mass is 10.0. The second kappa shape index (κ2) is 6.05. The minimum atomic E-state index is -0.323. The molecule has 1 aromatic carbocycles. The van der Waals surface area contributed by atoms with Crippen LogP contribution in [0.25, 0.3) is 0 Å². The molecule has 0 aromatic heterocycles. The average Bonchev–Trinajstić information content (AvgIpc) is 2.30. The molecule has 1 heterocycles. The first-order valence-corrected chi connectivity index (χ1v) is 7.02. The van der Waals surface area contributed by atoms with Crippen LogP contribution < -0.4 is 5.32 Å². The van der Waals surface area contributed by atoms with Crippen LogP contribution in [-0.4, -0.2) is 17.4 Å². The van der Waals surface area contributed by atoms with E-state index in [-0.39, 0.29) is 11.7 Å². The van der Waals surface area contributed by atoms with Crippen LogP contribution in [-0.2, 0) is 4.79 Å². The highest BCUT2D eigenvalue weighted by atomic mass is 32.2. The fraction of sp³-hybridized carbons (Fsp3) is 0.462. The normalized spacial score (nSPS) is 19.9. The molecule has 0 radical (unpaired) electrons. The predicted molar refractivity (Wildman–Crippen MR) is 69.7 cm³/mol. The third-order valence-corrected chi connectivity index (χ3v) is 4.12. The van der Waals surface area contributed by atoms with Gasteiger partial charge in [-0.15, -0.1) is 0 Å². The molecule has 92 valence electrons. The van der Waals surface area contributed by atoms with Gasteiger partial charge in [0.15, 0.2) is 0 Å². The third kappa shape index (κ3) is 4.04. The fourth-order valence-electron chi connectivity index (χ4n) is 2.01. The Morgan fingerprint density at radius 2 is 2.41 bits per heavy atom. The molecule has 2 nitrogen and oxygen atoms in total. The van der Waals surface area contributed by atoms with E-state index in [1.165, 1.54) is 24.3 Å². The molecular weight excluding hydrogens is 237 g/mol. The van der Waals surface area contributed by atoms with Gasteiger partial charge in [-0.05, 0) is 48.5 Å². The number of hydrogen-bond acceptors (Lipinski definition) is 2. The predicted octanol–water partition coefficient (Wildman–Crippen LogP) is 3.30.